The van der Waals surface area contributed by atoms with Crippen molar-refractivity contribution in [2.24, 2.45) is 16.3 Å². The number of hydrogen-bond acceptors (Lipinski definition) is 4. The maximum absolute atomic E-state index is 8.60. The van der Waals surface area contributed by atoms with Crippen LogP contribution in [0.5, 0.6) is 0 Å². The molecule has 0 aliphatic heterocycles. The highest BCUT2D eigenvalue weighted by Gasteiger charge is 2.22. The van der Waals surface area contributed by atoms with Crippen LogP contribution in [0.15, 0.2) is 28.0 Å². The molecule has 90 valence electrons. The predicted molar refractivity (Wildman–Crippen MR) is 62.2 cm³/mol. The summed E-state index contributed by atoms with van der Waals surface area (Å²) >= 11 is 0. The van der Waals surface area contributed by atoms with Crippen LogP contribution in [-0.4, -0.2) is 17.6 Å². The minimum Gasteiger partial charge on any atom is -0.468 e. The molecule has 0 saturated carbocycles. The fraction of sp³-hybridized carbons (Fsp3) is 0.545. The normalized spacial score (nSPS) is 13.0. The first-order chi connectivity index (χ1) is 7.56. The quantitative estimate of drug-likeness (QED) is 0.225. The van der Waals surface area contributed by atoms with Crippen LogP contribution in [0.3, 0.4) is 0 Å². The van der Waals surface area contributed by atoms with Gasteiger partial charge in [-0.2, -0.15) is 0 Å². The fourth-order valence-corrected chi connectivity index (χ4v) is 1.29. The lowest BCUT2D eigenvalue weighted by Crippen LogP contribution is -2.34. The lowest BCUT2D eigenvalue weighted by Gasteiger charge is -2.22. The Morgan fingerprint density at radius 2 is 2.38 bits per heavy atom. The van der Waals surface area contributed by atoms with E-state index in [-0.39, 0.29) is 11.3 Å². The van der Waals surface area contributed by atoms with Crippen molar-refractivity contribution < 1.29 is 9.62 Å². The van der Waals surface area contributed by atoms with Gasteiger partial charge in [0, 0.05) is 5.41 Å². The van der Waals surface area contributed by atoms with Gasteiger partial charge >= 0.3 is 0 Å². The van der Waals surface area contributed by atoms with Crippen LogP contribution < -0.4 is 11.1 Å². The highest BCUT2D eigenvalue weighted by Crippen LogP contribution is 2.19. The number of hydrogen-bond donors (Lipinski definition) is 3. The summed E-state index contributed by atoms with van der Waals surface area (Å²) in [4.78, 5) is 0. The molecule has 0 amide bonds. The maximum atomic E-state index is 8.60. The molecule has 4 N–H and O–H groups in total. The molecule has 0 aliphatic rings. The smallest absolute Gasteiger partial charge is 0.144 e. The molecule has 0 unspecified atom stereocenters. The summed E-state index contributed by atoms with van der Waals surface area (Å²) in [5, 5.41) is 14.9. The molecule has 0 spiro atoms. The minimum absolute atomic E-state index is 0.257. The first-order valence-electron chi connectivity index (χ1n) is 5.27. The van der Waals surface area contributed by atoms with E-state index in [0.717, 1.165) is 18.7 Å². The first-order valence-corrected chi connectivity index (χ1v) is 5.27. The topological polar surface area (TPSA) is 83.8 Å². The SMILES string of the molecule is CC(C)(CCNCc1ccco1)C(N)=NO. The monoisotopic (exact) mass is 225 g/mol. The van der Waals surface area contributed by atoms with Gasteiger partial charge in [0.15, 0.2) is 0 Å². The molecule has 1 aromatic rings. The summed E-state index contributed by atoms with van der Waals surface area (Å²) in [5.74, 6) is 1.16. The van der Waals surface area contributed by atoms with Gasteiger partial charge in [0.25, 0.3) is 0 Å². The number of rotatable bonds is 6. The van der Waals surface area contributed by atoms with Crippen molar-refractivity contribution in [3.05, 3.63) is 24.2 Å². The minimum atomic E-state index is -0.301. The standard InChI is InChI=1S/C11H19N3O2/c1-11(2,10(12)14-15)5-6-13-8-9-4-3-7-16-9/h3-4,7,13,15H,5-6,8H2,1-2H3,(H2,12,14). The van der Waals surface area contributed by atoms with Gasteiger partial charge in [0.1, 0.15) is 11.6 Å². The average molecular weight is 225 g/mol. The summed E-state index contributed by atoms with van der Waals surface area (Å²) in [6.07, 6.45) is 2.45. The van der Waals surface area contributed by atoms with Crippen LogP contribution in [0.25, 0.3) is 0 Å². The third-order valence-corrected chi connectivity index (χ3v) is 2.61. The van der Waals surface area contributed by atoms with Gasteiger partial charge in [0.2, 0.25) is 0 Å². The number of nitrogens with one attached hydrogen (secondary N) is 1. The highest BCUT2D eigenvalue weighted by atomic mass is 16.4. The van der Waals surface area contributed by atoms with Crippen LogP contribution in [0.1, 0.15) is 26.0 Å². The van der Waals surface area contributed by atoms with Crippen LogP contribution in [0, 0.1) is 5.41 Å². The molecular weight excluding hydrogens is 206 g/mol. The number of nitrogens with two attached hydrogens (primary N) is 1. The second kappa shape index (κ2) is 5.55. The summed E-state index contributed by atoms with van der Waals surface area (Å²) in [6.45, 7) is 5.36. The van der Waals surface area contributed by atoms with E-state index < -0.39 is 0 Å². The Morgan fingerprint density at radius 3 is 2.94 bits per heavy atom. The van der Waals surface area contributed by atoms with E-state index in [1.54, 1.807) is 6.26 Å². The largest absolute Gasteiger partial charge is 0.468 e. The van der Waals surface area contributed by atoms with Crippen molar-refractivity contribution in [3.8, 4) is 0 Å². The molecule has 1 aromatic heterocycles. The molecular formula is C11H19N3O2. The van der Waals surface area contributed by atoms with E-state index in [4.69, 9.17) is 15.4 Å². The Morgan fingerprint density at radius 1 is 1.62 bits per heavy atom. The second-order valence-electron chi connectivity index (χ2n) is 4.38. The molecule has 16 heavy (non-hydrogen) atoms. The van der Waals surface area contributed by atoms with E-state index in [2.05, 4.69) is 10.5 Å². The fourth-order valence-electron chi connectivity index (χ4n) is 1.29. The van der Waals surface area contributed by atoms with E-state index in [9.17, 15) is 0 Å². The Labute approximate surface area is 95.3 Å². The number of oxime groups is 1. The molecule has 5 heteroatoms. The summed E-state index contributed by atoms with van der Waals surface area (Å²) in [6, 6.07) is 3.78. The van der Waals surface area contributed by atoms with E-state index in [1.807, 2.05) is 26.0 Å². The maximum Gasteiger partial charge on any atom is 0.144 e. The molecule has 1 heterocycles. The summed E-state index contributed by atoms with van der Waals surface area (Å²) in [7, 11) is 0. The van der Waals surface area contributed by atoms with Gasteiger partial charge in [-0.15, -0.1) is 0 Å². The van der Waals surface area contributed by atoms with Crippen molar-refractivity contribution in [2.75, 3.05) is 6.54 Å². The van der Waals surface area contributed by atoms with Gasteiger partial charge in [-0.05, 0) is 25.1 Å². The van der Waals surface area contributed by atoms with Gasteiger partial charge in [-0.1, -0.05) is 19.0 Å². The molecule has 0 radical (unpaired) electrons. The Balaban J connectivity index is 2.25. The Hall–Kier alpha value is -1.49. The summed E-state index contributed by atoms with van der Waals surface area (Å²) in [5.41, 5.74) is 5.28. The molecule has 0 saturated heterocycles. The number of nitrogens with zero attached hydrogens (tertiary/aromatic N) is 1. The van der Waals surface area contributed by atoms with Crippen molar-refractivity contribution in [1.29, 1.82) is 0 Å². The van der Waals surface area contributed by atoms with Crippen LogP contribution in [0.4, 0.5) is 0 Å². The Kier molecular flexibility index (Phi) is 4.37. The molecule has 0 fully saturated rings. The third kappa shape index (κ3) is 3.58. The molecule has 0 atom stereocenters. The molecule has 5 nitrogen and oxygen atoms in total. The Bertz CT molecular complexity index is 331. The zero-order chi connectivity index (χ0) is 12.0. The van der Waals surface area contributed by atoms with Crippen molar-refractivity contribution in [1.82, 2.24) is 5.32 Å². The van der Waals surface area contributed by atoms with Gasteiger partial charge in [-0.25, -0.2) is 0 Å². The van der Waals surface area contributed by atoms with Crippen LogP contribution >= 0.6 is 0 Å². The van der Waals surface area contributed by atoms with Gasteiger partial charge in [-0.3, -0.25) is 0 Å². The molecule has 1 rings (SSSR count). The molecule has 0 aliphatic carbocycles. The van der Waals surface area contributed by atoms with E-state index in [1.165, 1.54) is 0 Å². The second-order valence-corrected chi connectivity index (χ2v) is 4.38. The van der Waals surface area contributed by atoms with E-state index in [0.29, 0.717) is 6.54 Å². The number of amidine groups is 1. The highest BCUT2D eigenvalue weighted by molar-refractivity contribution is 5.85. The lowest BCUT2D eigenvalue weighted by molar-refractivity contribution is 0.304. The number of furan rings is 1. The molecule has 0 bridgehead atoms. The van der Waals surface area contributed by atoms with Gasteiger partial charge < -0.3 is 20.7 Å². The lowest BCUT2D eigenvalue weighted by atomic mass is 9.88. The first kappa shape index (κ1) is 12.6. The van der Waals surface area contributed by atoms with Crippen molar-refractivity contribution >= 4 is 5.84 Å². The van der Waals surface area contributed by atoms with Crippen LogP contribution in [-0.2, 0) is 6.54 Å². The average Bonchev–Trinajstić information content (AvgIpc) is 2.76. The van der Waals surface area contributed by atoms with Gasteiger partial charge in [0.05, 0.1) is 12.8 Å². The zero-order valence-corrected chi connectivity index (χ0v) is 9.73. The summed E-state index contributed by atoms with van der Waals surface area (Å²) < 4.78 is 5.18. The zero-order valence-electron chi connectivity index (χ0n) is 9.73. The van der Waals surface area contributed by atoms with Crippen LogP contribution in [0.2, 0.25) is 0 Å². The predicted octanol–water partition coefficient (Wildman–Crippen LogP) is 1.53. The molecule has 0 aromatic carbocycles. The third-order valence-electron chi connectivity index (χ3n) is 2.61. The van der Waals surface area contributed by atoms with Crippen molar-refractivity contribution in [3.63, 3.8) is 0 Å². The van der Waals surface area contributed by atoms with E-state index >= 15 is 0 Å². The van der Waals surface area contributed by atoms with Crippen molar-refractivity contribution in [2.45, 2.75) is 26.8 Å².